The fraction of sp³-hybridized carbons (Fsp3) is 0.333. The number of thiazole rings is 1. The molecule has 0 saturated carbocycles. The van der Waals surface area contributed by atoms with Crippen molar-refractivity contribution in [2.45, 2.75) is 18.9 Å². The van der Waals surface area contributed by atoms with E-state index in [2.05, 4.69) is 6.07 Å². The number of para-hydroxylation sites is 1. The van der Waals surface area contributed by atoms with Crippen molar-refractivity contribution in [2.24, 2.45) is 0 Å². The Balaban J connectivity index is 1.70. The van der Waals surface area contributed by atoms with Crippen molar-refractivity contribution in [3.05, 3.63) is 47.0 Å². The highest BCUT2D eigenvalue weighted by atomic mass is 32.1. The van der Waals surface area contributed by atoms with Crippen LogP contribution in [0.1, 0.15) is 34.2 Å². The fourth-order valence-corrected chi connectivity index (χ4v) is 4.77. The summed E-state index contributed by atoms with van der Waals surface area (Å²) in [4.78, 5) is 20.1. The zero-order chi connectivity index (χ0) is 19.7. The number of likely N-dealkylation sites (tertiary alicyclic amines) is 1. The van der Waals surface area contributed by atoms with Gasteiger partial charge < -0.3 is 19.1 Å². The van der Waals surface area contributed by atoms with Gasteiger partial charge in [-0.3, -0.25) is 4.79 Å². The summed E-state index contributed by atoms with van der Waals surface area (Å²) in [5.74, 6) is 1.42. The maximum absolute atomic E-state index is 13.4. The lowest BCUT2D eigenvalue weighted by atomic mass is 10.1. The van der Waals surface area contributed by atoms with E-state index in [4.69, 9.17) is 19.2 Å². The van der Waals surface area contributed by atoms with Crippen LogP contribution in [0.3, 0.4) is 0 Å². The summed E-state index contributed by atoms with van der Waals surface area (Å²) in [6, 6.07) is 11.4. The SMILES string of the molecule is COc1cc(OC)c(C(=O)N2CCCC2c2nc3ccccc3s2)cc1OC. The molecule has 1 unspecified atom stereocenters. The Morgan fingerprint density at radius 3 is 2.50 bits per heavy atom. The average molecular weight is 398 g/mol. The molecule has 0 N–H and O–H groups in total. The van der Waals surface area contributed by atoms with Crippen LogP contribution >= 0.6 is 11.3 Å². The molecule has 0 bridgehead atoms. The average Bonchev–Trinajstić information content (AvgIpc) is 3.38. The molecule has 28 heavy (non-hydrogen) atoms. The Morgan fingerprint density at radius 2 is 1.79 bits per heavy atom. The molecule has 1 fully saturated rings. The second kappa shape index (κ2) is 7.67. The van der Waals surface area contributed by atoms with Crippen LogP contribution in [0.4, 0.5) is 0 Å². The van der Waals surface area contributed by atoms with Crippen molar-refractivity contribution in [1.82, 2.24) is 9.88 Å². The van der Waals surface area contributed by atoms with E-state index in [0.29, 0.717) is 29.4 Å². The topological polar surface area (TPSA) is 60.9 Å². The number of amides is 1. The van der Waals surface area contributed by atoms with Gasteiger partial charge in [0.25, 0.3) is 5.91 Å². The Morgan fingerprint density at radius 1 is 1.07 bits per heavy atom. The van der Waals surface area contributed by atoms with Gasteiger partial charge in [0.1, 0.15) is 10.8 Å². The van der Waals surface area contributed by atoms with Crippen LogP contribution in [0.2, 0.25) is 0 Å². The molecule has 1 aromatic heterocycles. The summed E-state index contributed by atoms with van der Waals surface area (Å²) >= 11 is 1.65. The quantitative estimate of drug-likeness (QED) is 0.641. The van der Waals surface area contributed by atoms with E-state index in [9.17, 15) is 4.79 Å². The van der Waals surface area contributed by atoms with Gasteiger partial charge in [0.15, 0.2) is 11.5 Å². The number of ether oxygens (including phenoxy) is 3. The summed E-state index contributed by atoms with van der Waals surface area (Å²) in [5.41, 5.74) is 1.44. The predicted molar refractivity (Wildman–Crippen MR) is 109 cm³/mol. The second-order valence-electron chi connectivity index (χ2n) is 6.58. The molecule has 3 aromatic rings. The predicted octanol–water partition coefficient (Wildman–Crippen LogP) is 4.30. The van der Waals surface area contributed by atoms with E-state index < -0.39 is 0 Å². The molecule has 4 rings (SSSR count). The van der Waals surface area contributed by atoms with E-state index in [-0.39, 0.29) is 11.9 Å². The van der Waals surface area contributed by atoms with Crippen molar-refractivity contribution < 1.29 is 19.0 Å². The zero-order valence-electron chi connectivity index (χ0n) is 16.1. The molecule has 146 valence electrons. The van der Waals surface area contributed by atoms with Gasteiger partial charge in [-0.15, -0.1) is 11.3 Å². The molecular weight excluding hydrogens is 376 g/mol. The molecule has 0 aliphatic carbocycles. The van der Waals surface area contributed by atoms with Crippen molar-refractivity contribution >= 4 is 27.5 Å². The van der Waals surface area contributed by atoms with Gasteiger partial charge in [-0.25, -0.2) is 4.98 Å². The summed E-state index contributed by atoms with van der Waals surface area (Å²) < 4.78 is 17.3. The summed E-state index contributed by atoms with van der Waals surface area (Å²) in [5, 5.41) is 0.978. The highest BCUT2D eigenvalue weighted by Crippen LogP contribution is 2.40. The second-order valence-corrected chi connectivity index (χ2v) is 7.65. The van der Waals surface area contributed by atoms with Gasteiger partial charge in [0, 0.05) is 18.7 Å². The van der Waals surface area contributed by atoms with E-state index in [1.165, 1.54) is 0 Å². The number of fused-ring (bicyclic) bond motifs is 1. The van der Waals surface area contributed by atoms with Gasteiger partial charge in [-0.05, 0) is 25.0 Å². The third-order valence-corrected chi connectivity index (χ3v) is 6.18. The maximum Gasteiger partial charge on any atom is 0.258 e. The number of rotatable bonds is 5. The standard InChI is InChI=1S/C21H22N2O4S/c1-25-16-12-18(27-3)17(26-2)11-13(16)21(24)23-10-6-8-15(23)20-22-14-7-4-5-9-19(14)28-20/h4-5,7,9,11-12,15H,6,8,10H2,1-3H3. The first-order valence-electron chi connectivity index (χ1n) is 9.12. The lowest BCUT2D eigenvalue weighted by Crippen LogP contribution is -2.30. The van der Waals surface area contributed by atoms with Gasteiger partial charge in [-0.1, -0.05) is 12.1 Å². The van der Waals surface area contributed by atoms with Crippen LogP contribution in [0.5, 0.6) is 17.2 Å². The number of methoxy groups -OCH3 is 3. The first kappa shape index (κ1) is 18.6. The van der Waals surface area contributed by atoms with Crippen LogP contribution < -0.4 is 14.2 Å². The molecule has 7 heteroatoms. The number of hydrogen-bond donors (Lipinski definition) is 0. The van der Waals surface area contributed by atoms with Crippen LogP contribution in [-0.4, -0.2) is 43.7 Å². The molecule has 1 aliphatic rings. The first-order chi connectivity index (χ1) is 13.7. The minimum atomic E-state index is -0.0837. The van der Waals surface area contributed by atoms with Gasteiger partial charge in [0.2, 0.25) is 0 Å². The molecular formula is C21H22N2O4S. The highest BCUT2D eigenvalue weighted by molar-refractivity contribution is 7.18. The molecule has 1 saturated heterocycles. The molecule has 1 amide bonds. The molecule has 0 radical (unpaired) electrons. The number of benzene rings is 2. The van der Waals surface area contributed by atoms with Gasteiger partial charge in [-0.2, -0.15) is 0 Å². The third kappa shape index (κ3) is 3.16. The smallest absolute Gasteiger partial charge is 0.258 e. The number of carbonyl (C=O) groups is 1. The minimum Gasteiger partial charge on any atom is -0.496 e. The first-order valence-corrected chi connectivity index (χ1v) is 9.94. The van der Waals surface area contributed by atoms with E-state index >= 15 is 0 Å². The van der Waals surface area contributed by atoms with E-state index in [0.717, 1.165) is 28.1 Å². The number of carbonyl (C=O) groups excluding carboxylic acids is 1. The molecule has 6 nitrogen and oxygen atoms in total. The van der Waals surface area contributed by atoms with Gasteiger partial charge >= 0.3 is 0 Å². The Labute approximate surface area is 167 Å². The van der Waals surface area contributed by atoms with Crippen LogP contribution in [0.15, 0.2) is 36.4 Å². The Kier molecular flexibility index (Phi) is 5.09. The normalized spacial score (nSPS) is 16.4. The zero-order valence-corrected chi connectivity index (χ0v) is 16.9. The summed E-state index contributed by atoms with van der Waals surface area (Å²) in [6.07, 6.45) is 1.85. The Hall–Kier alpha value is -2.80. The number of hydrogen-bond acceptors (Lipinski definition) is 6. The van der Waals surface area contributed by atoms with Gasteiger partial charge in [0.05, 0.1) is 43.2 Å². The Bertz CT molecular complexity index is 984. The fourth-order valence-electron chi connectivity index (χ4n) is 3.65. The molecule has 1 aliphatic heterocycles. The number of nitrogens with zero attached hydrogens (tertiary/aromatic N) is 2. The van der Waals surface area contributed by atoms with Crippen LogP contribution in [-0.2, 0) is 0 Å². The molecule has 0 spiro atoms. The van der Waals surface area contributed by atoms with Crippen molar-refractivity contribution in [3.63, 3.8) is 0 Å². The summed E-state index contributed by atoms with van der Waals surface area (Å²) in [6.45, 7) is 0.691. The van der Waals surface area contributed by atoms with Crippen LogP contribution in [0, 0.1) is 0 Å². The third-order valence-electron chi connectivity index (χ3n) is 5.05. The molecule has 1 atom stereocenters. The van der Waals surface area contributed by atoms with E-state index in [1.807, 2.05) is 23.1 Å². The van der Waals surface area contributed by atoms with Crippen molar-refractivity contribution in [1.29, 1.82) is 0 Å². The van der Waals surface area contributed by atoms with Crippen LogP contribution in [0.25, 0.3) is 10.2 Å². The lowest BCUT2D eigenvalue weighted by molar-refractivity contribution is 0.0731. The summed E-state index contributed by atoms with van der Waals surface area (Å²) in [7, 11) is 4.66. The molecule has 2 heterocycles. The largest absolute Gasteiger partial charge is 0.496 e. The highest BCUT2D eigenvalue weighted by Gasteiger charge is 2.34. The van der Waals surface area contributed by atoms with E-state index in [1.54, 1.807) is 44.8 Å². The minimum absolute atomic E-state index is 0.0253. The monoisotopic (exact) mass is 398 g/mol. The maximum atomic E-state index is 13.4. The number of aromatic nitrogens is 1. The molecule has 2 aromatic carbocycles. The van der Waals surface area contributed by atoms with Crippen molar-refractivity contribution in [2.75, 3.05) is 27.9 Å². The van der Waals surface area contributed by atoms with Crippen molar-refractivity contribution in [3.8, 4) is 17.2 Å². The lowest BCUT2D eigenvalue weighted by Gasteiger charge is -2.24.